The summed E-state index contributed by atoms with van der Waals surface area (Å²) in [5.41, 5.74) is 0.331. The molecule has 1 amide bonds. The van der Waals surface area contributed by atoms with E-state index in [0.717, 1.165) is 10.8 Å². The average Bonchev–Trinajstić information content (AvgIpc) is 3.33. The fraction of sp³-hybridized carbons (Fsp3) is 0.333. The number of aryl methyl sites for hydroxylation is 1. The van der Waals surface area contributed by atoms with Gasteiger partial charge in [-0.1, -0.05) is 0 Å². The molecule has 27 heavy (non-hydrogen) atoms. The number of likely N-dealkylation sites (tertiary alicyclic amines) is 1. The molecule has 3 aromatic rings. The van der Waals surface area contributed by atoms with E-state index in [1.807, 2.05) is 24.4 Å². The van der Waals surface area contributed by atoms with E-state index in [9.17, 15) is 14.4 Å². The number of thiazole rings is 1. The van der Waals surface area contributed by atoms with Gasteiger partial charge in [-0.2, -0.15) is 0 Å². The minimum Gasteiger partial charge on any atom is -0.459 e. The molecule has 0 saturated carbocycles. The number of H-pyrrole nitrogens is 2. The minimum atomic E-state index is -0.523. The normalized spacial score (nSPS) is 16.8. The number of carbonyl (C=O) groups excluding carboxylic acids is 1. The highest BCUT2D eigenvalue weighted by molar-refractivity contribution is 7.13. The van der Waals surface area contributed by atoms with Crippen LogP contribution in [-0.4, -0.2) is 38.8 Å². The first-order valence-electron chi connectivity index (χ1n) is 8.60. The molecule has 4 rings (SSSR count). The Bertz CT molecular complexity index is 1060. The maximum Gasteiger partial charge on any atom is 0.325 e. The number of carbonyl (C=O) groups is 1. The molecule has 0 aromatic carbocycles. The van der Waals surface area contributed by atoms with Crippen LogP contribution >= 0.6 is 11.3 Å². The maximum atomic E-state index is 12.6. The van der Waals surface area contributed by atoms with Gasteiger partial charge in [0.2, 0.25) is 5.91 Å². The summed E-state index contributed by atoms with van der Waals surface area (Å²) in [6.07, 6.45) is 0.925. The standard InChI is InChI=1S/C18H18N4O4S/c1-10-2-3-14(26-10)17-19-12(9-27-17)6-16(24)22-5-4-11(8-22)13-7-15(23)21-18(25)20-13/h2-3,7,9,11H,4-6,8H2,1H3,(H2,20,21,23,25). The number of rotatable bonds is 4. The smallest absolute Gasteiger partial charge is 0.325 e. The van der Waals surface area contributed by atoms with Crippen molar-refractivity contribution in [1.82, 2.24) is 19.9 Å². The monoisotopic (exact) mass is 386 g/mol. The van der Waals surface area contributed by atoms with Crippen molar-refractivity contribution in [2.45, 2.75) is 25.7 Å². The summed E-state index contributed by atoms with van der Waals surface area (Å²) in [7, 11) is 0. The van der Waals surface area contributed by atoms with Crippen LogP contribution < -0.4 is 11.2 Å². The molecule has 1 unspecified atom stereocenters. The van der Waals surface area contributed by atoms with E-state index in [0.29, 0.717) is 36.7 Å². The van der Waals surface area contributed by atoms with Gasteiger partial charge in [-0.25, -0.2) is 9.78 Å². The van der Waals surface area contributed by atoms with Gasteiger partial charge in [-0.15, -0.1) is 11.3 Å². The van der Waals surface area contributed by atoms with E-state index in [4.69, 9.17) is 4.42 Å². The molecule has 1 atom stereocenters. The van der Waals surface area contributed by atoms with Crippen LogP contribution in [0.3, 0.4) is 0 Å². The Morgan fingerprint density at radius 2 is 2.22 bits per heavy atom. The van der Waals surface area contributed by atoms with Gasteiger partial charge in [0, 0.05) is 36.1 Å². The molecule has 140 valence electrons. The van der Waals surface area contributed by atoms with Crippen LogP contribution in [0.15, 0.2) is 37.6 Å². The van der Waals surface area contributed by atoms with Crippen molar-refractivity contribution in [3.05, 3.63) is 61.6 Å². The van der Waals surface area contributed by atoms with E-state index >= 15 is 0 Å². The van der Waals surface area contributed by atoms with Gasteiger partial charge in [0.15, 0.2) is 10.8 Å². The molecule has 0 bridgehead atoms. The zero-order valence-electron chi connectivity index (χ0n) is 14.7. The molecule has 0 spiro atoms. The SMILES string of the molecule is Cc1ccc(-c2nc(CC(=O)N3CCC(c4cc(=O)[nH]c(=O)[nH]4)C3)cs2)o1. The Labute approximate surface area is 157 Å². The van der Waals surface area contributed by atoms with Crippen LogP contribution in [-0.2, 0) is 11.2 Å². The second-order valence-corrected chi connectivity index (χ2v) is 7.46. The number of nitrogens with zero attached hydrogens (tertiary/aromatic N) is 2. The lowest BCUT2D eigenvalue weighted by Gasteiger charge is -2.16. The molecule has 1 fully saturated rings. The molecular weight excluding hydrogens is 368 g/mol. The van der Waals surface area contributed by atoms with Gasteiger partial charge in [-0.3, -0.25) is 14.6 Å². The predicted molar refractivity (Wildman–Crippen MR) is 99.9 cm³/mol. The molecule has 4 heterocycles. The first kappa shape index (κ1) is 17.5. The van der Waals surface area contributed by atoms with Crippen LogP contribution in [0.2, 0.25) is 0 Å². The largest absolute Gasteiger partial charge is 0.459 e. The number of aromatic nitrogens is 3. The average molecular weight is 386 g/mol. The van der Waals surface area contributed by atoms with Gasteiger partial charge in [0.25, 0.3) is 5.56 Å². The minimum absolute atomic E-state index is 0.0165. The van der Waals surface area contributed by atoms with Crippen molar-refractivity contribution in [2.75, 3.05) is 13.1 Å². The second kappa shape index (κ2) is 6.99. The van der Waals surface area contributed by atoms with Crippen LogP contribution in [0.1, 0.15) is 29.5 Å². The van der Waals surface area contributed by atoms with E-state index in [-0.39, 0.29) is 18.2 Å². The van der Waals surface area contributed by atoms with Gasteiger partial charge in [-0.05, 0) is 25.5 Å². The first-order valence-corrected chi connectivity index (χ1v) is 9.48. The highest BCUT2D eigenvalue weighted by Crippen LogP contribution is 2.27. The van der Waals surface area contributed by atoms with Crippen molar-refractivity contribution in [1.29, 1.82) is 0 Å². The van der Waals surface area contributed by atoms with Gasteiger partial charge in [0.1, 0.15) is 5.76 Å². The molecule has 3 aromatic heterocycles. The topological polar surface area (TPSA) is 112 Å². The van der Waals surface area contributed by atoms with Crippen molar-refractivity contribution in [3.8, 4) is 10.8 Å². The second-order valence-electron chi connectivity index (χ2n) is 6.60. The Kier molecular flexibility index (Phi) is 4.53. The number of hydrogen-bond donors (Lipinski definition) is 2. The molecular formula is C18H18N4O4S. The summed E-state index contributed by atoms with van der Waals surface area (Å²) < 4.78 is 5.57. The zero-order chi connectivity index (χ0) is 19.0. The Morgan fingerprint density at radius 3 is 2.96 bits per heavy atom. The molecule has 8 nitrogen and oxygen atoms in total. The molecule has 0 radical (unpaired) electrons. The summed E-state index contributed by atoms with van der Waals surface area (Å²) in [6, 6.07) is 5.14. The fourth-order valence-corrected chi connectivity index (χ4v) is 4.05. The predicted octanol–water partition coefficient (Wildman–Crippen LogP) is 1.65. The summed E-state index contributed by atoms with van der Waals surface area (Å²) >= 11 is 1.45. The van der Waals surface area contributed by atoms with Gasteiger partial charge >= 0.3 is 5.69 Å². The van der Waals surface area contributed by atoms with Crippen molar-refractivity contribution < 1.29 is 9.21 Å². The summed E-state index contributed by atoms with van der Waals surface area (Å²) in [5.74, 6) is 1.47. The number of nitrogens with one attached hydrogen (secondary N) is 2. The molecule has 0 aliphatic carbocycles. The molecule has 1 aliphatic rings. The number of amides is 1. The highest BCUT2D eigenvalue weighted by atomic mass is 32.1. The van der Waals surface area contributed by atoms with E-state index in [1.54, 1.807) is 4.90 Å². The fourth-order valence-electron chi connectivity index (χ4n) is 3.27. The third-order valence-electron chi connectivity index (χ3n) is 4.60. The Morgan fingerprint density at radius 1 is 1.37 bits per heavy atom. The van der Waals surface area contributed by atoms with Gasteiger partial charge in [0.05, 0.1) is 12.1 Å². The van der Waals surface area contributed by atoms with Gasteiger partial charge < -0.3 is 14.3 Å². The zero-order valence-corrected chi connectivity index (χ0v) is 15.5. The maximum absolute atomic E-state index is 12.6. The Balaban J connectivity index is 1.41. The van der Waals surface area contributed by atoms with Crippen LogP contribution in [0.5, 0.6) is 0 Å². The van der Waals surface area contributed by atoms with Crippen LogP contribution in [0.25, 0.3) is 10.8 Å². The van der Waals surface area contributed by atoms with E-state index < -0.39 is 11.2 Å². The molecule has 9 heteroatoms. The van der Waals surface area contributed by atoms with Crippen molar-refractivity contribution in [3.63, 3.8) is 0 Å². The molecule has 2 N–H and O–H groups in total. The van der Waals surface area contributed by atoms with Crippen LogP contribution in [0.4, 0.5) is 0 Å². The van der Waals surface area contributed by atoms with E-state index in [2.05, 4.69) is 15.0 Å². The van der Waals surface area contributed by atoms with Crippen molar-refractivity contribution >= 4 is 17.2 Å². The number of aromatic amines is 2. The number of hydrogen-bond acceptors (Lipinski definition) is 6. The lowest BCUT2D eigenvalue weighted by molar-refractivity contribution is -0.129. The molecule has 1 aliphatic heterocycles. The third kappa shape index (κ3) is 3.77. The summed E-state index contributed by atoms with van der Waals surface area (Å²) in [5, 5.41) is 2.62. The number of furan rings is 1. The third-order valence-corrected chi connectivity index (χ3v) is 5.50. The lowest BCUT2D eigenvalue weighted by Crippen LogP contribution is -2.30. The van der Waals surface area contributed by atoms with Crippen LogP contribution in [0, 0.1) is 6.92 Å². The van der Waals surface area contributed by atoms with Crippen molar-refractivity contribution in [2.24, 2.45) is 0 Å². The van der Waals surface area contributed by atoms with E-state index in [1.165, 1.54) is 17.4 Å². The first-order chi connectivity index (χ1) is 13.0. The molecule has 1 saturated heterocycles. The Hall–Kier alpha value is -2.94. The highest BCUT2D eigenvalue weighted by Gasteiger charge is 2.28. The lowest BCUT2D eigenvalue weighted by atomic mass is 10.1. The quantitative estimate of drug-likeness (QED) is 0.708. The summed E-state index contributed by atoms with van der Waals surface area (Å²) in [4.78, 5) is 46.6. The summed E-state index contributed by atoms with van der Waals surface area (Å²) in [6.45, 7) is 2.94.